The van der Waals surface area contributed by atoms with E-state index >= 15 is 0 Å². The number of rotatable bonds is 6. The topological polar surface area (TPSA) is 17.8 Å². The van der Waals surface area contributed by atoms with Gasteiger partial charge in [0.25, 0.3) is 0 Å². The first-order valence-corrected chi connectivity index (χ1v) is 14.9. The van der Waals surface area contributed by atoms with Crippen LogP contribution in [0.5, 0.6) is 0 Å². The Kier molecular flexibility index (Phi) is 6.19. The van der Waals surface area contributed by atoms with Gasteiger partial charge >= 0.3 is 0 Å². The molecule has 1 aliphatic carbocycles. The molecule has 0 saturated heterocycles. The van der Waals surface area contributed by atoms with Crippen molar-refractivity contribution in [3.8, 4) is 11.3 Å². The molecule has 1 unspecified atom stereocenters. The molecule has 0 amide bonds. The van der Waals surface area contributed by atoms with Gasteiger partial charge in [0.1, 0.15) is 0 Å². The van der Waals surface area contributed by atoms with Crippen LogP contribution in [0.3, 0.4) is 0 Å². The molecular formula is C36H29N2P. The zero-order chi connectivity index (χ0) is 26.2. The SMILES string of the molecule is C[C@H](C1=CC=CC1P(c1ccccc1)c1ccccc1)n1ccc(-c2c3ccccc3cc3ccccc23)n1. The normalized spacial score (nSPS) is 15.7. The highest BCUT2D eigenvalue weighted by atomic mass is 31.1. The summed E-state index contributed by atoms with van der Waals surface area (Å²) in [5.41, 5.74) is 3.96. The molecule has 0 saturated carbocycles. The van der Waals surface area contributed by atoms with Crippen molar-refractivity contribution in [2.24, 2.45) is 0 Å². The van der Waals surface area contributed by atoms with Crippen LogP contribution in [0.1, 0.15) is 13.0 Å². The van der Waals surface area contributed by atoms with Crippen LogP contribution >= 0.6 is 7.92 Å². The second-order valence-electron chi connectivity index (χ2n) is 10.1. The summed E-state index contributed by atoms with van der Waals surface area (Å²) in [5.74, 6) is 0. The van der Waals surface area contributed by atoms with Gasteiger partial charge in [-0.25, -0.2) is 0 Å². The van der Waals surface area contributed by atoms with Gasteiger partial charge in [-0.1, -0.05) is 127 Å². The minimum Gasteiger partial charge on any atom is -0.265 e. The Bertz CT molecular complexity index is 1740. The first-order chi connectivity index (χ1) is 19.3. The van der Waals surface area contributed by atoms with E-state index in [1.807, 2.05) is 0 Å². The summed E-state index contributed by atoms with van der Waals surface area (Å²) in [7, 11) is -0.594. The Morgan fingerprint density at radius 1 is 0.692 bits per heavy atom. The minimum absolute atomic E-state index is 0.136. The Morgan fingerprint density at radius 2 is 1.26 bits per heavy atom. The molecule has 1 heterocycles. The van der Waals surface area contributed by atoms with E-state index in [0.29, 0.717) is 5.66 Å². The van der Waals surface area contributed by atoms with Crippen molar-refractivity contribution in [3.63, 3.8) is 0 Å². The molecule has 0 aliphatic heterocycles. The average Bonchev–Trinajstić information content (AvgIpc) is 3.68. The molecule has 0 N–H and O–H groups in total. The fraction of sp³-hybridized carbons (Fsp3) is 0.0833. The van der Waals surface area contributed by atoms with E-state index in [2.05, 4.69) is 157 Å². The van der Waals surface area contributed by atoms with Crippen LogP contribution < -0.4 is 10.6 Å². The first kappa shape index (κ1) is 23.8. The number of hydrogen-bond acceptors (Lipinski definition) is 1. The lowest BCUT2D eigenvalue weighted by Gasteiger charge is -2.29. The monoisotopic (exact) mass is 520 g/mol. The molecule has 0 radical (unpaired) electrons. The van der Waals surface area contributed by atoms with Gasteiger partial charge in [0.15, 0.2) is 0 Å². The van der Waals surface area contributed by atoms with Crippen molar-refractivity contribution in [2.75, 3.05) is 0 Å². The fourth-order valence-corrected chi connectivity index (χ4v) is 8.68. The molecule has 0 spiro atoms. The summed E-state index contributed by atoms with van der Waals surface area (Å²) in [5, 5.41) is 13.0. The number of allylic oxidation sites excluding steroid dienone is 4. The van der Waals surface area contributed by atoms with Gasteiger partial charge in [-0.2, -0.15) is 5.10 Å². The fourth-order valence-electron chi connectivity index (χ4n) is 5.88. The largest absolute Gasteiger partial charge is 0.265 e. The predicted molar refractivity (Wildman–Crippen MR) is 167 cm³/mol. The smallest absolute Gasteiger partial charge is 0.0935 e. The third-order valence-electron chi connectivity index (χ3n) is 7.79. The predicted octanol–water partition coefficient (Wildman–Crippen LogP) is 8.42. The Balaban J connectivity index is 1.28. The van der Waals surface area contributed by atoms with E-state index in [1.54, 1.807) is 0 Å². The van der Waals surface area contributed by atoms with Crippen molar-refractivity contribution in [1.82, 2.24) is 9.78 Å². The standard InChI is InChI=1S/C36H29N2P/c1-26(31-21-12-22-35(31)39(29-15-4-2-5-16-29)30-17-6-3-7-18-30)38-24-23-34(37-38)36-32-19-10-8-13-27(32)25-28-14-9-11-20-33(28)36/h2-26,35H,1H3/t26-,35?/m1/s1. The highest BCUT2D eigenvalue weighted by Crippen LogP contribution is 2.48. The van der Waals surface area contributed by atoms with Crippen LogP contribution in [-0.4, -0.2) is 15.4 Å². The maximum absolute atomic E-state index is 5.22. The van der Waals surface area contributed by atoms with E-state index in [0.717, 1.165) is 5.69 Å². The summed E-state index contributed by atoms with van der Waals surface area (Å²) in [6.07, 6.45) is 9.09. The third-order valence-corrected chi connectivity index (χ3v) is 10.5. The summed E-state index contributed by atoms with van der Waals surface area (Å²) in [6, 6.07) is 43.9. The summed E-state index contributed by atoms with van der Waals surface area (Å²) in [6.45, 7) is 2.29. The number of aromatic nitrogens is 2. The zero-order valence-electron chi connectivity index (χ0n) is 21.9. The maximum Gasteiger partial charge on any atom is 0.0935 e. The Morgan fingerprint density at radius 3 is 1.87 bits per heavy atom. The second-order valence-corrected chi connectivity index (χ2v) is 12.4. The summed E-state index contributed by atoms with van der Waals surface area (Å²) < 4.78 is 2.15. The van der Waals surface area contributed by atoms with Crippen molar-refractivity contribution in [1.29, 1.82) is 0 Å². The van der Waals surface area contributed by atoms with Gasteiger partial charge in [-0.05, 0) is 64.7 Å². The lowest BCUT2D eigenvalue weighted by atomic mass is 9.95. The zero-order valence-corrected chi connectivity index (χ0v) is 22.7. The number of fused-ring (bicyclic) bond motifs is 2. The molecule has 2 atom stereocenters. The molecule has 5 aromatic carbocycles. The highest BCUT2D eigenvalue weighted by molar-refractivity contribution is 7.74. The summed E-state index contributed by atoms with van der Waals surface area (Å²) in [4.78, 5) is 0. The minimum atomic E-state index is -0.594. The van der Waals surface area contributed by atoms with Gasteiger partial charge in [0, 0.05) is 17.4 Å². The van der Waals surface area contributed by atoms with Crippen molar-refractivity contribution in [2.45, 2.75) is 18.6 Å². The molecule has 2 nitrogen and oxygen atoms in total. The molecule has 1 aromatic heterocycles. The second kappa shape index (κ2) is 10.1. The molecular weight excluding hydrogens is 491 g/mol. The molecule has 7 rings (SSSR count). The van der Waals surface area contributed by atoms with Crippen LogP contribution in [-0.2, 0) is 0 Å². The first-order valence-electron chi connectivity index (χ1n) is 13.5. The summed E-state index contributed by atoms with van der Waals surface area (Å²) >= 11 is 0. The highest BCUT2D eigenvalue weighted by Gasteiger charge is 2.31. The molecule has 188 valence electrons. The third kappa shape index (κ3) is 4.32. The number of benzene rings is 5. The van der Waals surface area contributed by atoms with Crippen LogP contribution in [0.15, 0.2) is 151 Å². The van der Waals surface area contributed by atoms with E-state index in [1.165, 1.54) is 43.3 Å². The molecule has 39 heavy (non-hydrogen) atoms. The van der Waals surface area contributed by atoms with E-state index in [9.17, 15) is 0 Å². The van der Waals surface area contributed by atoms with Crippen LogP contribution in [0, 0.1) is 0 Å². The number of hydrogen-bond donors (Lipinski definition) is 0. The molecule has 0 fully saturated rings. The van der Waals surface area contributed by atoms with E-state index in [4.69, 9.17) is 5.10 Å². The number of nitrogens with zero attached hydrogens (tertiary/aromatic N) is 2. The van der Waals surface area contributed by atoms with Gasteiger partial charge in [-0.3, -0.25) is 4.68 Å². The lowest BCUT2D eigenvalue weighted by molar-refractivity contribution is 0.552. The van der Waals surface area contributed by atoms with Crippen LogP contribution in [0.25, 0.3) is 32.8 Å². The lowest BCUT2D eigenvalue weighted by Crippen LogP contribution is -2.24. The quantitative estimate of drug-likeness (QED) is 0.159. The van der Waals surface area contributed by atoms with Gasteiger partial charge < -0.3 is 0 Å². The van der Waals surface area contributed by atoms with Crippen molar-refractivity contribution < 1.29 is 0 Å². The van der Waals surface area contributed by atoms with Crippen molar-refractivity contribution in [3.05, 3.63) is 151 Å². The van der Waals surface area contributed by atoms with E-state index in [-0.39, 0.29) is 6.04 Å². The molecule has 6 aromatic rings. The average molecular weight is 521 g/mol. The Labute approximate surface area is 230 Å². The van der Waals surface area contributed by atoms with Crippen LogP contribution in [0.4, 0.5) is 0 Å². The van der Waals surface area contributed by atoms with Gasteiger partial charge in [-0.15, -0.1) is 0 Å². The van der Waals surface area contributed by atoms with E-state index < -0.39 is 7.92 Å². The molecule has 1 aliphatic rings. The van der Waals surface area contributed by atoms with Gasteiger partial charge in [0.05, 0.1) is 11.7 Å². The maximum atomic E-state index is 5.22. The van der Waals surface area contributed by atoms with Crippen LogP contribution in [0.2, 0.25) is 0 Å². The van der Waals surface area contributed by atoms with Gasteiger partial charge in [0.2, 0.25) is 0 Å². The Hall–Kier alpha value is -4.26. The molecule has 3 heteroatoms. The molecule has 0 bridgehead atoms. The van der Waals surface area contributed by atoms with Crippen molar-refractivity contribution >= 4 is 40.1 Å².